The van der Waals surface area contributed by atoms with Crippen LogP contribution in [-0.2, 0) is 0 Å². The number of benzene rings is 8. The molecule has 12 rings (SSSR count). The van der Waals surface area contributed by atoms with Gasteiger partial charge in [-0.2, -0.15) is 0 Å². The number of aromatic nitrogens is 4. The number of hydrogen-bond acceptors (Lipinski definition) is 2. The Hall–Kier alpha value is -7.82. The lowest BCUT2D eigenvalue weighted by Crippen LogP contribution is -2.00. The van der Waals surface area contributed by atoms with Crippen LogP contribution in [0.3, 0.4) is 0 Å². The van der Waals surface area contributed by atoms with Crippen LogP contribution >= 0.6 is 0 Å². The summed E-state index contributed by atoms with van der Waals surface area (Å²) in [6, 6.07) is 73.7. The van der Waals surface area contributed by atoms with Gasteiger partial charge in [-0.1, -0.05) is 152 Å². The average molecular weight is 739 g/mol. The molecule has 0 aliphatic rings. The summed E-state index contributed by atoms with van der Waals surface area (Å²) in [5, 5.41) is 5.87. The van der Waals surface area contributed by atoms with Crippen LogP contribution in [0.25, 0.3) is 111 Å². The Kier molecular flexibility index (Phi) is 7.20. The molecule has 8 aromatic carbocycles. The molecule has 4 nitrogen and oxygen atoms in total. The van der Waals surface area contributed by atoms with Gasteiger partial charge in [-0.25, -0.2) is 9.97 Å². The van der Waals surface area contributed by atoms with Crippen LogP contribution in [-0.4, -0.2) is 18.9 Å². The average Bonchev–Trinajstić information content (AvgIpc) is 3.86. The Morgan fingerprint density at radius 2 is 0.879 bits per heavy atom. The van der Waals surface area contributed by atoms with E-state index in [1.165, 1.54) is 38.2 Å². The molecule has 0 spiro atoms. The monoisotopic (exact) mass is 738 g/mol. The molecule has 0 fully saturated rings. The molecule has 0 radical (unpaired) electrons. The van der Waals surface area contributed by atoms with Gasteiger partial charge in [0.2, 0.25) is 0 Å². The molecule has 0 unspecified atom stereocenters. The summed E-state index contributed by atoms with van der Waals surface area (Å²) >= 11 is 0. The first kappa shape index (κ1) is 32.4. The van der Waals surface area contributed by atoms with Crippen LogP contribution in [0.4, 0.5) is 0 Å². The normalized spacial score (nSPS) is 11.8. The Labute approximate surface area is 334 Å². The third kappa shape index (κ3) is 5.02. The molecular weight excluding hydrogens is 705 g/mol. The minimum Gasteiger partial charge on any atom is -0.294 e. The van der Waals surface area contributed by atoms with E-state index in [-0.39, 0.29) is 0 Å². The highest BCUT2D eigenvalue weighted by Gasteiger charge is 2.22. The summed E-state index contributed by atoms with van der Waals surface area (Å²) in [5.41, 5.74) is 15.3. The van der Waals surface area contributed by atoms with Crippen molar-refractivity contribution in [3.8, 4) is 50.5 Å². The molecule has 12 aromatic rings. The first-order valence-electron chi connectivity index (χ1n) is 19.7. The number of imidazole rings is 1. The number of rotatable bonds is 5. The molecule has 0 aliphatic carbocycles. The predicted molar refractivity (Wildman–Crippen MR) is 242 cm³/mol. The fourth-order valence-electron chi connectivity index (χ4n) is 9.04. The van der Waals surface area contributed by atoms with Crippen molar-refractivity contribution in [2.45, 2.75) is 0 Å². The minimum absolute atomic E-state index is 0.860. The van der Waals surface area contributed by atoms with Gasteiger partial charge in [0.15, 0.2) is 0 Å². The molecule has 0 saturated carbocycles. The van der Waals surface area contributed by atoms with E-state index in [2.05, 4.69) is 215 Å². The smallest absolute Gasteiger partial charge is 0.147 e. The summed E-state index contributed by atoms with van der Waals surface area (Å²) in [5.74, 6) is 0.860. The highest BCUT2D eigenvalue weighted by Crippen LogP contribution is 2.42. The van der Waals surface area contributed by atoms with Crippen LogP contribution in [0.5, 0.6) is 0 Å². The molecule has 4 heteroatoms. The lowest BCUT2D eigenvalue weighted by atomic mass is 9.97. The lowest BCUT2D eigenvalue weighted by molar-refractivity contribution is 1.08. The van der Waals surface area contributed by atoms with Gasteiger partial charge in [0.1, 0.15) is 11.5 Å². The summed E-state index contributed by atoms with van der Waals surface area (Å²) in [6.45, 7) is 0. The van der Waals surface area contributed by atoms with Crippen molar-refractivity contribution in [2.24, 2.45) is 0 Å². The highest BCUT2D eigenvalue weighted by atomic mass is 15.1. The van der Waals surface area contributed by atoms with E-state index in [0.717, 1.165) is 72.4 Å². The number of fused-ring (bicyclic) bond motifs is 12. The van der Waals surface area contributed by atoms with Crippen molar-refractivity contribution >= 4 is 60.2 Å². The van der Waals surface area contributed by atoms with Crippen LogP contribution in [0.2, 0.25) is 0 Å². The van der Waals surface area contributed by atoms with Gasteiger partial charge >= 0.3 is 0 Å². The van der Waals surface area contributed by atoms with Crippen molar-refractivity contribution in [2.75, 3.05) is 0 Å². The van der Waals surface area contributed by atoms with Crippen LogP contribution in [0, 0.1) is 0 Å². The van der Waals surface area contributed by atoms with E-state index in [1.807, 2.05) is 0 Å². The van der Waals surface area contributed by atoms with Gasteiger partial charge in [-0.15, -0.1) is 0 Å². The highest BCUT2D eigenvalue weighted by molar-refractivity contribution is 6.29. The van der Waals surface area contributed by atoms with Crippen LogP contribution in [0.1, 0.15) is 0 Å². The second kappa shape index (κ2) is 12.9. The minimum atomic E-state index is 0.860. The maximum absolute atomic E-state index is 5.56. The van der Waals surface area contributed by atoms with Crippen molar-refractivity contribution in [3.05, 3.63) is 206 Å². The fourth-order valence-corrected chi connectivity index (χ4v) is 9.04. The second-order valence-corrected chi connectivity index (χ2v) is 15.0. The fraction of sp³-hybridized carbons (Fsp3) is 0. The summed E-state index contributed by atoms with van der Waals surface area (Å²) in [4.78, 5) is 10.9. The maximum Gasteiger partial charge on any atom is 0.147 e. The maximum atomic E-state index is 5.56. The molecule has 0 atom stereocenters. The number of pyridine rings is 2. The number of nitrogens with zero attached hydrogens (tertiary/aromatic N) is 4. The molecule has 0 bridgehead atoms. The van der Waals surface area contributed by atoms with E-state index >= 15 is 0 Å². The van der Waals surface area contributed by atoms with Gasteiger partial charge < -0.3 is 0 Å². The molecule has 4 heterocycles. The third-order valence-corrected chi connectivity index (χ3v) is 11.7. The SMILES string of the molecule is c1ccc(-c2cccc(-c3cc(-c4cccc(-c5ccccc5)c4)nc(-n4c5ccccc5c5c6c(ccc54)c4ccccc4n4c5ccccc5nc64)c3)c2)cc1. The zero-order valence-electron chi connectivity index (χ0n) is 31.4. The lowest BCUT2D eigenvalue weighted by Gasteiger charge is -2.15. The standard InChI is InChI=1S/C54H34N4/c1-3-15-35(16-4-1)37-19-13-21-39(31-37)41-33-46(40-22-14-20-38(32-40)36-17-5-2-6-18-36)55-51(34-41)57-48-27-11-8-24-44(48)52-50(57)30-29-43-42-23-7-10-26-47(42)58-49-28-12-9-25-45(49)56-54(58)53(43)52/h1-34H. The van der Waals surface area contributed by atoms with Crippen molar-refractivity contribution in [1.82, 2.24) is 18.9 Å². The van der Waals surface area contributed by atoms with Crippen molar-refractivity contribution in [1.29, 1.82) is 0 Å². The van der Waals surface area contributed by atoms with Crippen LogP contribution < -0.4 is 0 Å². The number of para-hydroxylation sites is 4. The molecule has 0 aliphatic heterocycles. The predicted octanol–water partition coefficient (Wildman–Crippen LogP) is 14.0. The number of hydrogen-bond donors (Lipinski definition) is 0. The molecule has 4 aromatic heterocycles. The topological polar surface area (TPSA) is 35.1 Å². The quantitative estimate of drug-likeness (QED) is 0.165. The molecule has 58 heavy (non-hydrogen) atoms. The Morgan fingerprint density at radius 3 is 1.62 bits per heavy atom. The van der Waals surface area contributed by atoms with Gasteiger partial charge in [-0.05, 0) is 93.4 Å². The zero-order chi connectivity index (χ0) is 38.2. The molecule has 0 N–H and O–H groups in total. The summed E-state index contributed by atoms with van der Waals surface area (Å²) < 4.78 is 4.70. The van der Waals surface area contributed by atoms with E-state index in [4.69, 9.17) is 9.97 Å². The van der Waals surface area contributed by atoms with Crippen LogP contribution in [0.15, 0.2) is 206 Å². The first-order valence-corrected chi connectivity index (χ1v) is 19.7. The van der Waals surface area contributed by atoms with Crippen molar-refractivity contribution in [3.63, 3.8) is 0 Å². The zero-order valence-corrected chi connectivity index (χ0v) is 31.4. The van der Waals surface area contributed by atoms with Gasteiger partial charge in [0.25, 0.3) is 0 Å². The second-order valence-electron chi connectivity index (χ2n) is 15.0. The van der Waals surface area contributed by atoms with E-state index in [9.17, 15) is 0 Å². The molecule has 0 saturated heterocycles. The van der Waals surface area contributed by atoms with Gasteiger partial charge in [-0.3, -0.25) is 8.97 Å². The summed E-state index contributed by atoms with van der Waals surface area (Å²) in [7, 11) is 0. The molecular formula is C54H34N4. The van der Waals surface area contributed by atoms with E-state index in [1.54, 1.807) is 0 Å². The van der Waals surface area contributed by atoms with E-state index in [0.29, 0.717) is 0 Å². The van der Waals surface area contributed by atoms with E-state index < -0.39 is 0 Å². The Bertz CT molecular complexity index is 3460. The molecule has 270 valence electrons. The van der Waals surface area contributed by atoms with Crippen molar-refractivity contribution < 1.29 is 0 Å². The third-order valence-electron chi connectivity index (χ3n) is 11.7. The van der Waals surface area contributed by atoms with Gasteiger partial charge in [0, 0.05) is 27.1 Å². The molecule has 0 amide bonds. The first-order chi connectivity index (χ1) is 28.8. The Morgan fingerprint density at radius 1 is 0.310 bits per heavy atom. The summed E-state index contributed by atoms with van der Waals surface area (Å²) in [6.07, 6.45) is 0. The largest absolute Gasteiger partial charge is 0.294 e. The van der Waals surface area contributed by atoms with Gasteiger partial charge in [0.05, 0.1) is 33.3 Å². The Balaban J connectivity index is 1.17.